The molecule has 1 N–H and O–H groups in total. The van der Waals surface area contributed by atoms with E-state index in [1.807, 2.05) is 0 Å². The van der Waals surface area contributed by atoms with Crippen LogP contribution in [0.3, 0.4) is 0 Å². The van der Waals surface area contributed by atoms with Crippen molar-refractivity contribution in [3.8, 4) is 0 Å². The van der Waals surface area contributed by atoms with Gasteiger partial charge in [0.05, 0.1) is 6.10 Å². The molecule has 0 heterocycles. The van der Waals surface area contributed by atoms with Crippen LogP contribution in [-0.2, 0) is 0 Å². The molecule has 0 saturated heterocycles. The number of rotatable bonds is 10. The Morgan fingerprint density at radius 2 is 1.43 bits per heavy atom. The standard InChI is InChI=1S/C12H26OS/c1-2-3-4-5-6-7-8-9-10-12(13)11-14/h12-14H,2-11H2,1H3. The first-order valence-electron chi connectivity index (χ1n) is 6.10. The van der Waals surface area contributed by atoms with Crippen molar-refractivity contribution in [2.24, 2.45) is 0 Å². The summed E-state index contributed by atoms with van der Waals surface area (Å²) in [6.07, 6.45) is 11.4. The summed E-state index contributed by atoms with van der Waals surface area (Å²) in [5.41, 5.74) is 0. The molecule has 0 aromatic rings. The van der Waals surface area contributed by atoms with Crippen molar-refractivity contribution in [3.05, 3.63) is 0 Å². The van der Waals surface area contributed by atoms with E-state index in [1.165, 1.54) is 44.9 Å². The molecule has 0 fully saturated rings. The molecule has 14 heavy (non-hydrogen) atoms. The molecule has 0 aromatic carbocycles. The van der Waals surface area contributed by atoms with E-state index < -0.39 is 0 Å². The molecule has 1 atom stereocenters. The van der Waals surface area contributed by atoms with Crippen LogP contribution in [0.15, 0.2) is 0 Å². The van der Waals surface area contributed by atoms with Gasteiger partial charge in [-0.2, -0.15) is 12.6 Å². The molecule has 0 aliphatic heterocycles. The normalized spacial score (nSPS) is 13.1. The average molecular weight is 218 g/mol. The van der Waals surface area contributed by atoms with Gasteiger partial charge >= 0.3 is 0 Å². The lowest BCUT2D eigenvalue weighted by Crippen LogP contribution is -2.07. The van der Waals surface area contributed by atoms with E-state index in [4.69, 9.17) is 0 Å². The van der Waals surface area contributed by atoms with Crippen LogP contribution in [0.25, 0.3) is 0 Å². The monoisotopic (exact) mass is 218 g/mol. The van der Waals surface area contributed by atoms with Gasteiger partial charge in [-0.15, -0.1) is 0 Å². The Morgan fingerprint density at radius 1 is 0.929 bits per heavy atom. The lowest BCUT2D eigenvalue weighted by atomic mass is 10.1. The third-order valence-electron chi connectivity index (χ3n) is 2.60. The first-order valence-corrected chi connectivity index (χ1v) is 6.73. The van der Waals surface area contributed by atoms with Crippen LogP contribution >= 0.6 is 12.6 Å². The van der Waals surface area contributed by atoms with Gasteiger partial charge in [-0.05, 0) is 6.42 Å². The van der Waals surface area contributed by atoms with Crippen LogP contribution in [0.1, 0.15) is 64.7 Å². The van der Waals surface area contributed by atoms with Gasteiger partial charge in [0.2, 0.25) is 0 Å². The molecule has 0 radical (unpaired) electrons. The Hall–Kier alpha value is 0.310. The number of hydrogen-bond donors (Lipinski definition) is 2. The molecule has 1 nitrogen and oxygen atoms in total. The summed E-state index contributed by atoms with van der Waals surface area (Å²) >= 11 is 4.05. The van der Waals surface area contributed by atoms with Gasteiger partial charge in [0.25, 0.3) is 0 Å². The van der Waals surface area contributed by atoms with E-state index in [-0.39, 0.29) is 6.10 Å². The topological polar surface area (TPSA) is 20.2 Å². The highest BCUT2D eigenvalue weighted by molar-refractivity contribution is 7.80. The molecule has 0 bridgehead atoms. The zero-order valence-corrected chi connectivity index (χ0v) is 10.4. The van der Waals surface area contributed by atoms with Gasteiger partial charge < -0.3 is 5.11 Å². The number of hydrogen-bond acceptors (Lipinski definition) is 2. The predicted octanol–water partition coefficient (Wildman–Crippen LogP) is 3.81. The third kappa shape index (κ3) is 10.4. The van der Waals surface area contributed by atoms with Crippen molar-refractivity contribution < 1.29 is 5.11 Å². The van der Waals surface area contributed by atoms with E-state index >= 15 is 0 Å². The van der Waals surface area contributed by atoms with E-state index in [9.17, 15) is 5.11 Å². The van der Waals surface area contributed by atoms with Crippen molar-refractivity contribution in [1.82, 2.24) is 0 Å². The van der Waals surface area contributed by atoms with Crippen LogP contribution in [0, 0.1) is 0 Å². The zero-order valence-electron chi connectivity index (χ0n) is 9.54. The third-order valence-corrected chi connectivity index (χ3v) is 3.02. The SMILES string of the molecule is CCCCCCCCCCC(O)CS. The van der Waals surface area contributed by atoms with Gasteiger partial charge in [0.15, 0.2) is 0 Å². The maximum absolute atomic E-state index is 9.25. The van der Waals surface area contributed by atoms with Crippen molar-refractivity contribution >= 4 is 12.6 Å². The van der Waals surface area contributed by atoms with E-state index in [2.05, 4.69) is 19.6 Å². The summed E-state index contributed by atoms with van der Waals surface area (Å²) in [5.74, 6) is 0.608. The summed E-state index contributed by atoms with van der Waals surface area (Å²) in [4.78, 5) is 0. The van der Waals surface area contributed by atoms with Gasteiger partial charge in [0.1, 0.15) is 0 Å². The van der Waals surface area contributed by atoms with Crippen molar-refractivity contribution in [2.45, 2.75) is 70.8 Å². The second kappa shape index (κ2) is 11.4. The van der Waals surface area contributed by atoms with Crippen LogP contribution in [0.4, 0.5) is 0 Å². The largest absolute Gasteiger partial charge is 0.392 e. The Kier molecular flexibility index (Phi) is 11.6. The predicted molar refractivity (Wildman–Crippen MR) is 67.1 cm³/mol. The Balaban J connectivity index is 2.92. The molecule has 0 aliphatic carbocycles. The Bertz CT molecular complexity index is 106. The molecule has 0 rings (SSSR count). The molecule has 1 unspecified atom stereocenters. The maximum Gasteiger partial charge on any atom is 0.0628 e. The molecular formula is C12H26OS. The number of aliphatic hydroxyl groups is 1. The number of aliphatic hydroxyl groups excluding tert-OH is 1. The summed E-state index contributed by atoms with van der Waals surface area (Å²) in [7, 11) is 0. The highest BCUT2D eigenvalue weighted by Gasteiger charge is 1.99. The minimum absolute atomic E-state index is 0.182. The summed E-state index contributed by atoms with van der Waals surface area (Å²) < 4.78 is 0. The number of unbranched alkanes of at least 4 members (excludes halogenated alkanes) is 7. The van der Waals surface area contributed by atoms with Crippen LogP contribution in [0.5, 0.6) is 0 Å². The minimum Gasteiger partial charge on any atom is -0.392 e. The van der Waals surface area contributed by atoms with E-state index in [1.54, 1.807) is 0 Å². The fourth-order valence-corrected chi connectivity index (χ4v) is 1.79. The first kappa shape index (κ1) is 14.3. The smallest absolute Gasteiger partial charge is 0.0628 e. The molecule has 0 aromatic heterocycles. The molecular weight excluding hydrogens is 192 g/mol. The fraction of sp³-hybridized carbons (Fsp3) is 1.00. The van der Waals surface area contributed by atoms with Gasteiger partial charge in [-0.25, -0.2) is 0 Å². The summed E-state index contributed by atoms with van der Waals surface area (Å²) in [5, 5.41) is 9.25. The van der Waals surface area contributed by atoms with Crippen LogP contribution < -0.4 is 0 Å². The summed E-state index contributed by atoms with van der Waals surface area (Å²) in [6.45, 7) is 2.25. The Labute approximate surface area is 94.7 Å². The lowest BCUT2D eigenvalue weighted by molar-refractivity contribution is 0.185. The van der Waals surface area contributed by atoms with Crippen molar-refractivity contribution in [1.29, 1.82) is 0 Å². The van der Waals surface area contributed by atoms with Crippen LogP contribution in [0.2, 0.25) is 0 Å². The van der Waals surface area contributed by atoms with Gasteiger partial charge in [-0.1, -0.05) is 58.3 Å². The van der Waals surface area contributed by atoms with E-state index in [0.717, 1.165) is 12.8 Å². The first-order chi connectivity index (χ1) is 6.81. The van der Waals surface area contributed by atoms with Gasteiger partial charge in [-0.3, -0.25) is 0 Å². The molecule has 86 valence electrons. The molecule has 2 heteroatoms. The highest BCUT2D eigenvalue weighted by atomic mass is 32.1. The number of thiol groups is 1. The minimum atomic E-state index is -0.182. The van der Waals surface area contributed by atoms with Gasteiger partial charge in [0, 0.05) is 5.75 Å². The highest BCUT2D eigenvalue weighted by Crippen LogP contribution is 2.10. The molecule has 0 amide bonds. The lowest BCUT2D eigenvalue weighted by Gasteiger charge is -2.06. The summed E-state index contributed by atoms with van der Waals surface area (Å²) in [6, 6.07) is 0. The average Bonchev–Trinajstić information content (AvgIpc) is 2.21. The zero-order chi connectivity index (χ0) is 10.6. The van der Waals surface area contributed by atoms with E-state index in [0.29, 0.717) is 5.75 Å². The quantitative estimate of drug-likeness (QED) is 0.422. The Morgan fingerprint density at radius 3 is 1.93 bits per heavy atom. The molecule has 0 saturated carbocycles. The molecule has 0 spiro atoms. The maximum atomic E-state index is 9.25. The fourth-order valence-electron chi connectivity index (χ4n) is 1.61. The second-order valence-electron chi connectivity index (χ2n) is 4.10. The second-order valence-corrected chi connectivity index (χ2v) is 4.47. The van der Waals surface area contributed by atoms with Crippen LogP contribution in [-0.4, -0.2) is 17.0 Å². The molecule has 0 aliphatic rings. The van der Waals surface area contributed by atoms with Crippen molar-refractivity contribution in [3.63, 3.8) is 0 Å². The van der Waals surface area contributed by atoms with Crippen molar-refractivity contribution in [2.75, 3.05) is 5.75 Å².